The highest BCUT2D eigenvalue weighted by Gasteiger charge is 2.32. The highest BCUT2D eigenvalue weighted by Crippen LogP contribution is 2.35. The highest BCUT2D eigenvalue weighted by atomic mass is 32.2. The van der Waals surface area contributed by atoms with Crippen LogP contribution in [0.3, 0.4) is 0 Å². The van der Waals surface area contributed by atoms with Gasteiger partial charge in [-0.05, 0) is 60.4 Å². The van der Waals surface area contributed by atoms with E-state index in [-0.39, 0.29) is 11.8 Å². The van der Waals surface area contributed by atoms with Gasteiger partial charge in [0.15, 0.2) is 0 Å². The molecule has 2 bridgehead atoms. The Hall–Kier alpha value is -1.40. The molecule has 3 saturated heterocycles. The fraction of sp³-hybridized carbons (Fsp3) is 0.682. The molecule has 1 aromatic carbocycles. The molecule has 0 saturated carbocycles. The standard InChI is InChI=1S/C22H35N3O2S/c1-14(2)18-11-19(15(3)4)22(20(12-18)16(5)6)28(26,27)24-23-21-13-25-9-7-17(21)8-10-25/h11-12,14-17,24H,7-10,13H2,1-6H3. The molecule has 3 fully saturated rings. The van der Waals surface area contributed by atoms with Crippen LogP contribution in [0.15, 0.2) is 22.1 Å². The maximum atomic E-state index is 13.4. The first-order valence-corrected chi connectivity index (χ1v) is 12.1. The highest BCUT2D eigenvalue weighted by molar-refractivity contribution is 7.89. The molecule has 3 aliphatic heterocycles. The Bertz CT molecular complexity index is 820. The van der Waals surface area contributed by atoms with Crippen molar-refractivity contribution >= 4 is 15.7 Å². The third-order valence-electron chi connectivity index (χ3n) is 6.10. The number of hydrogen-bond acceptors (Lipinski definition) is 4. The second-order valence-electron chi connectivity index (χ2n) is 9.24. The number of hydrogen-bond donors (Lipinski definition) is 1. The molecule has 6 heteroatoms. The minimum absolute atomic E-state index is 0.118. The van der Waals surface area contributed by atoms with Crippen molar-refractivity contribution in [1.29, 1.82) is 0 Å². The van der Waals surface area contributed by atoms with Gasteiger partial charge in [-0.25, -0.2) is 4.83 Å². The lowest BCUT2D eigenvalue weighted by Gasteiger charge is -2.39. The molecule has 0 spiro atoms. The lowest BCUT2D eigenvalue weighted by atomic mass is 9.87. The minimum Gasteiger partial charge on any atom is -0.298 e. The van der Waals surface area contributed by atoms with Gasteiger partial charge in [-0.3, -0.25) is 4.90 Å². The number of nitrogens with one attached hydrogen (secondary N) is 1. The zero-order valence-corrected chi connectivity index (χ0v) is 18.9. The second kappa shape index (κ2) is 8.15. The summed E-state index contributed by atoms with van der Waals surface area (Å²) in [5, 5.41) is 4.41. The Labute approximate surface area is 170 Å². The molecule has 0 unspecified atom stereocenters. The lowest BCUT2D eigenvalue weighted by Crippen LogP contribution is -2.48. The largest absolute Gasteiger partial charge is 0.298 e. The first kappa shape index (κ1) is 21.3. The van der Waals surface area contributed by atoms with Crippen molar-refractivity contribution in [2.24, 2.45) is 11.0 Å². The van der Waals surface area contributed by atoms with Crippen LogP contribution in [0.25, 0.3) is 0 Å². The molecule has 0 atom stereocenters. The third kappa shape index (κ3) is 4.28. The summed E-state index contributed by atoms with van der Waals surface area (Å²) in [4.78, 5) is 5.38. The number of benzene rings is 1. The van der Waals surface area contributed by atoms with Crippen LogP contribution in [-0.2, 0) is 10.0 Å². The molecule has 0 radical (unpaired) electrons. The zero-order chi connectivity index (χ0) is 20.6. The van der Waals surface area contributed by atoms with Crippen molar-refractivity contribution in [1.82, 2.24) is 9.73 Å². The van der Waals surface area contributed by atoms with Crippen molar-refractivity contribution in [2.75, 3.05) is 19.6 Å². The predicted molar refractivity (Wildman–Crippen MR) is 116 cm³/mol. The molecule has 4 rings (SSSR count). The average Bonchev–Trinajstić information content (AvgIpc) is 2.66. The number of fused-ring (bicyclic) bond motifs is 3. The van der Waals surface area contributed by atoms with Crippen LogP contribution < -0.4 is 4.83 Å². The monoisotopic (exact) mass is 405 g/mol. The maximum Gasteiger partial charge on any atom is 0.277 e. The van der Waals surface area contributed by atoms with Crippen LogP contribution in [0.4, 0.5) is 0 Å². The van der Waals surface area contributed by atoms with E-state index in [0.29, 0.717) is 16.7 Å². The van der Waals surface area contributed by atoms with Crippen LogP contribution in [0, 0.1) is 5.92 Å². The molecule has 0 aromatic heterocycles. The summed E-state index contributed by atoms with van der Waals surface area (Å²) in [5.41, 5.74) is 3.94. The van der Waals surface area contributed by atoms with Crippen molar-refractivity contribution in [3.05, 3.63) is 28.8 Å². The van der Waals surface area contributed by atoms with Gasteiger partial charge in [0.05, 0.1) is 10.6 Å². The van der Waals surface area contributed by atoms with E-state index in [4.69, 9.17) is 0 Å². The molecular formula is C22H35N3O2S. The summed E-state index contributed by atoms with van der Waals surface area (Å²) in [5.74, 6) is 1.01. The van der Waals surface area contributed by atoms with Crippen molar-refractivity contribution < 1.29 is 8.42 Å². The number of hydrazone groups is 1. The minimum atomic E-state index is -3.73. The summed E-state index contributed by atoms with van der Waals surface area (Å²) >= 11 is 0. The first-order valence-electron chi connectivity index (χ1n) is 10.6. The van der Waals surface area contributed by atoms with Gasteiger partial charge >= 0.3 is 0 Å². The van der Waals surface area contributed by atoms with Gasteiger partial charge in [0.25, 0.3) is 10.0 Å². The normalized spacial score (nSPS) is 24.0. The smallest absolute Gasteiger partial charge is 0.277 e. The van der Waals surface area contributed by atoms with Gasteiger partial charge in [0.1, 0.15) is 0 Å². The molecule has 1 aromatic rings. The molecular weight excluding hydrogens is 370 g/mol. The molecule has 1 N–H and O–H groups in total. The maximum absolute atomic E-state index is 13.4. The molecule has 0 aliphatic carbocycles. The lowest BCUT2D eigenvalue weighted by molar-refractivity contribution is 0.200. The fourth-order valence-corrected chi connectivity index (χ4v) is 5.81. The van der Waals surface area contributed by atoms with E-state index in [2.05, 4.69) is 68.5 Å². The SMILES string of the molecule is CC(C)c1cc(C(C)C)c(S(=O)(=O)NN=C2CN3CCC2CC3)c(C(C)C)c1. The first-order chi connectivity index (χ1) is 13.1. The number of piperidine rings is 3. The van der Waals surface area contributed by atoms with Crippen LogP contribution in [0.5, 0.6) is 0 Å². The van der Waals surface area contributed by atoms with Crippen LogP contribution in [-0.4, -0.2) is 38.7 Å². The van der Waals surface area contributed by atoms with Crippen molar-refractivity contribution in [3.63, 3.8) is 0 Å². The number of nitrogens with zero attached hydrogens (tertiary/aromatic N) is 2. The number of rotatable bonds is 6. The van der Waals surface area contributed by atoms with E-state index in [1.807, 2.05) is 0 Å². The summed E-state index contributed by atoms with van der Waals surface area (Å²) < 4.78 is 26.8. The average molecular weight is 406 g/mol. The van der Waals surface area contributed by atoms with Crippen LogP contribution in [0.1, 0.15) is 88.8 Å². The Morgan fingerprint density at radius 3 is 1.89 bits per heavy atom. The third-order valence-corrected chi connectivity index (χ3v) is 7.44. The Morgan fingerprint density at radius 1 is 0.964 bits per heavy atom. The quantitative estimate of drug-likeness (QED) is 0.713. The molecule has 3 aliphatic rings. The van der Waals surface area contributed by atoms with Gasteiger partial charge in [0.2, 0.25) is 0 Å². The number of sulfonamides is 1. The van der Waals surface area contributed by atoms with Gasteiger partial charge < -0.3 is 0 Å². The van der Waals surface area contributed by atoms with E-state index in [0.717, 1.165) is 49.3 Å². The Morgan fingerprint density at radius 2 is 1.50 bits per heavy atom. The van der Waals surface area contributed by atoms with E-state index >= 15 is 0 Å². The molecule has 0 amide bonds. The molecule has 3 heterocycles. The molecule has 28 heavy (non-hydrogen) atoms. The Balaban J connectivity index is 2.02. The Kier molecular flexibility index (Phi) is 6.20. The van der Waals surface area contributed by atoms with Crippen LogP contribution >= 0.6 is 0 Å². The van der Waals surface area contributed by atoms with Gasteiger partial charge in [0, 0.05) is 12.5 Å². The summed E-state index contributed by atoms with van der Waals surface area (Å²) in [6, 6.07) is 4.13. The molecule has 5 nitrogen and oxygen atoms in total. The van der Waals surface area contributed by atoms with Gasteiger partial charge in [-0.2, -0.15) is 13.5 Å². The summed E-state index contributed by atoms with van der Waals surface area (Å²) in [6.45, 7) is 15.5. The molecule has 156 valence electrons. The van der Waals surface area contributed by atoms with E-state index in [1.54, 1.807) is 0 Å². The van der Waals surface area contributed by atoms with E-state index < -0.39 is 10.0 Å². The fourth-order valence-electron chi connectivity index (χ4n) is 4.27. The zero-order valence-electron chi connectivity index (χ0n) is 18.1. The topological polar surface area (TPSA) is 61.8 Å². The van der Waals surface area contributed by atoms with Crippen molar-refractivity contribution in [2.45, 2.75) is 77.0 Å². The predicted octanol–water partition coefficient (Wildman–Crippen LogP) is 4.42. The van der Waals surface area contributed by atoms with Gasteiger partial charge in [-0.15, -0.1) is 0 Å². The summed E-state index contributed by atoms with van der Waals surface area (Å²) in [7, 11) is -3.73. The summed E-state index contributed by atoms with van der Waals surface area (Å²) in [6.07, 6.45) is 2.16. The van der Waals surface area contributed by atoms with Crippen molar-refractivity contribution in [3.8, 4) is 0 Å². The van der Waals surface area contributed by atoms with E-state index in [9.17, 15) is 8.42 Å². The van der Waals surface area contributed by atoms with E-state index in [1.165, 1.54) is 5.56 Å². The van der Waals surface area contributed by atoms with Gasteiger partial charge in [-0.1, -0.05) is 53.7 Å². The van der Waals surface area contributed by atoms with Crippen LogP contribution in [0.2, 0.25) is 0 Å². The second-order valence-corrected chi connectivity index (χ2v) is 10.8.